The lowest BCUT2D eigenvalue weighted by Crippen LogP contribution is -2.38. The summed E-state index contributed by atoms with van der Waals surface area (Å²) in [5, 5.41) is 5.63. The molecule has 0 radical (unpaired) electrons. The molecule has 0 amide bonds. The number of ether oxygens (including phenoxy) is 1. The van der Waals surface area contributed by atoms with Gasteiger partial charge in [-0.05, 0) is 44.2 Å². The number of hydrogen-bond acceptors (Lipinski definition) is 3. The lowest BCUT2D eigenvalue weighted by atomic mass is 9.82. The molecule has 18 heavy (non-hydrogen) atoms. The first-order valence-corrected chi connectivity index (χ1v) is 8.07. The molecule has 1 aromatic heterocycles. The summed E-state index contributed by atoms with van der Waals surface area (Å²) in [4.78, 5) is 1.40. The van der Waals surface area contributed by atoms with Crippen LogP contribution in [0.15, 0.2) is 17.5 Å². The molecule has 0 spiro atoms. The van der Waals surface area contributed by atoms with Gasteiger partial charge in [-0.2, -0.15) is 0 Å². The zero-order valence-corrected chi connectivity index (χ0v) is 12.3. The van der Waals surface area contributed by atoms with Crippen LogP contribution in [0.1, 0.15) is 49.9 Å². The lowest BCUT2D eigenvalue weighted by Gasteiger charge is -2.35. The zero-order chi connectivity index (χ0) is 12.8. The second-order valence-corrected chi connectivity index (χ2v) is 6.08. The van der Waals surface area contributed by atoms with Crippen molar-refractivity contribution in [2.45, 2.75) is 51.2 Å². The third-order valence-corrected chi connectivity index (χ3v) is 4.92. The second kappa shape index (κ2) is 7.27. The molecule has 1 aliphatic carbocycles. The Morgan fingerprint density at radius 1 is 1.39 bits per heavy atom. The van der Waals surface area contributed by atoms with E-state index >= 15 is 0 Å². The molecule has 102 valence electrons. The standard InChI is InChI=1S/C15H25NOS/c1-3-17-15(12-8-5-4-6-9-12)14(16-2)13-10-7-11-18-13/h7,10-12,14-16H,3-6,8-9H2,1-2H3. The third kappa shape index (κ3) is 3.34. The van der Waals surface area contributed by atoms with Crippen LogP contribution >= 0.6 is 11.3 Å². The van der Waals surface area contributed by atoms with Crippen molar-refractivity contribution in [3.63, 3.8) is 0 Å². The molecule has 1 heterocycles. The first-order valence-electron chi connectivity index (χ1n) is 7.19. The molecule has 1 saturated carbocycles. The van der Waals surface area contributed by atoms with Crippen molar-refractivity contribution in [3.8, 4) is 0 Å². The molecule has 1 fully saturated rings. The van der Waals surface area contributed by atoms with Gasteiger partial charge in [0.2, 0.25) is 0 Å². The Balaban J connectivity index is 2.11. The van der Waals surface area contributed by atoms with E-state index in [1.54, 1.807) is 0 Å². The predicted molar refractivity (Wildman–Crippen MR) is 78.1 cm³/mol. The first-order chi connectivity index (χ1) is 8.86. The van der Waals surface area contributed by atoms with Crippen LogP contribution in [-0.4, -0.2) is 19.8 Å². The molecule has 2 atom stereocenters. The minimum Gasteiger partial charge on any atom is -0.376 e. The number of rotatable bonds is 6. The summed E-state index contributed by atoms with van der Waals surface area (Å²) in [6.07, 6.45) is 7.13. The van der Waals surface area contributed by atoms with E-state index in [1.807, 2.05) is 11.3 Å². The second-order valence-electron chi connectivity index (χ2n) is 5.10. The fraction of sp³-hybridized carbons (Fsp3) is 0.733. The van der Waals surface area contributed by atoms with Gasteiger partial charge in [-0.15, -0.1) is 11.3 Å². The predicted octanol–water partition coefficient (Wildman–Crippen LogP) is 3.99. The van der Waals surface area contributed by atoms with Crippen LogP contribution in [0.4, 0.5) is 0 Å². The highest BCUT2D eigenvalue weighted by atomic mass is 32.1. The molecule has 3 heteroatoms. The molecule has 0 aromatic carbocycles. The summed E-state index contributed by atoms with van der Waals surface area (Å²) in [7, 11) is 2.05. The number of likely N-dealkylation sites (N-methyl/N-ethyl adjacent to an activating group) is 1. The van der Waals surface area contributed by atoms with Gasteiger partial charge in [0.1, 0.15) is 0 Å². The zero-order valence-electron chi connectivity index (χ0n) is 11.5. The van der Waals surface area contributed by atoms with E-state index < -0.39 is 0 Å². The minimum atomic E-state index is 0.332. The van der Waals surface area contributed by atoms with Gasteiger partial charge in [-0.1, -0.05) is 25.3 Å². The fourth-order valence-electron chi connectivity index (χ4n) is 3.10. The normalized spacial score (nSPS) is 20.8. The summed E-state index contributed by atoms with van der Waals surface area (Å²) in [5.74, 6) is 0.721. The van der Waals surface area contributed by atoms with Crippen molar-refractivity contribution < 1.29 is 4.74 Å². The SMILES string of the molecule is CCOC(C1CCCCC1)C(NC)c1cccs1. The molecular formula is C15H25NOS. The molecule has 0 bridgehead atoms. The lowest BCUT2D eigenvalue weighted by molar-refractivity contribution is -0.0160. The number of nitrogens with one attached hydrogen (secondary N) is 1. The van der Waals surface area contributed by atoms with Crippen LogP contribution in [0.3, 0.4) is 0 Å². The van der Waals surface area contributed by atoms with Crippen molar-refractivity contribution in [1.29, 1.82) is 0 Å². The molecule has 1 N–H and O–H groups in total. The van der Waals surface area contributed by atoms with Crippen LogP contribution in [0.25, 0.3) is 0 Å². The Kier molecular flexibility index (Phi) is 5.67. The van der Waals surface area contributed by atoms with E-state index in [4.69, 9.17) is 4.74 Å². The van der Waals surface area contributed by atoms with E-state index in [1.165, 1.54) is 37.0 Å². The van der Waals surface area contributed by atoms with Crippen LogP contribution in [-0.2, 0) is 4.74 Å². The summed E-state index contributed by atoms with van der Waals surface area (Å²) < 4.78 is 6.10. The Morgan fingerprint density at radius 3 is 2.72 bits per heavy atom. The van der Waals surface area contributed by atoms with Gasteiger partial charge in [0.15, 0.2) is 0 Å². The average molecular weight is 267 g/mol. The summed E-state index contributed by atoms with van der Waals surface area (Å²) >= 11 is 1.83. The maximum atomic E-state index is 6.10. The third-order valence-electron chi connectivity index (χ3n) is 3.96. The van der Waals surface area contributed by atoms with E-state index in [0.29, 0.717) is 12.1 Å². The van der Waals surface area contributed by atoms with Crippen molar-refractivity contribution in [2.24, 2.45) is 5.92 Å². The number of hydrogen-bond donors (Lipinski definition) is 1. The minimum absolute atomic E-state index is 0.332. The smallest absolute Gasteiger partial charge is 0.0805 e. The Labute approximate surface area is 115 Å². The van der Waals surface area contributed by atoms with Crippen molar-refractivity contribution in [1.82, 2.24) is 5.32 Å². The molecule has 2 nitrogen and oxygen atoms in total. The van der Waals surface area contributed by atoms with Gasteiger partial charge < -0.3 is 10.1 Å². The topological polar surface area (TPSA) is 21.3 Å². The Hall–Kier alpha value is -0.380. The van der Waals surface area contributed by atoms with E-state index in [-0.39, 0.29) is 0 Å². The van der Waals surface area contributed by atoms with Crippen molar-refractivity contribution in [3.05, 3.63) is 22.4 Å². The maximum absolute atomic E-state index is 6.10. The molecule has 2 rings (SSSR count). The van der Waals surface area contributed by atoms with Gasteiger partial charge in [0.25, 0.3) is 0 Å². The average Bonchev–Trinajstić information content (AvgIpc) is 2.94. The molecule has 1 aromatic rings. The van der Waals surface area contributed by atoms with Crippen molar-refractivity contribution in [2.75, 3.05) is 13.7 Å². The van der Waals surface area contributed by atoms with E-state index in [2.05, 4.69) is 36.8 Å². The molecular weight excluding hydrogens is 242 g/mol. The van der Waals surface area contributed by atoms with Crippen LogP contribution in [0.5, 0.6) is 0 Å². The molecule has 0 aliphatic heterocycles. The quantitative estimate of drug-likeness (QED) is 0.841. The first kappa shape index (κ1) is 14.0. The summed E-state index contributed by atoms with van der Waals surface area (Å²) in [6, 6.07) is 4.71. The molecule has 2 unspecified atom stereocenters. The Bertz CT molecular complexity index is 319. The highest BCUT2D eigenvalue weighted by Crippen LogP contribution is 2.35. The van der Waals surface area contributed by atoms with Crippen molar-refractivity contribution >= 4 is 11.3 Å². The van der Waals surface area contributed by atoms with Crippen LogP contribution in [0, 0.1) is 5.92 Å². The van der Waals surface area contributed by atoms with E-state index in [0.717, 1.165) is 12.5 Å². The highest BCUT2D eigenvalue weighted by molar-refractivity contribution is 7.10. The summed E-state index contributed by atoms with van der Waals surface area (Å²) in [5.41, 5.74) is 0. The van der Waals surface area contributed by atoms with Gasteiger partial charge in [-0.3, -0.25) is 0 Å². The van der Waals surface area contributed by atoms with Crippen LogP contribution < -0.4 is 5.32 Å². The van der Waals surface area contributed by atoms with Gasteiger partial charge in [-0.25, -0.2) is 0 Å². The monoisotopic (exact) mass is 267 g/mol. The Morgan fingerprint density at radius 2 is 2.17 bits per heavy atom. The number of thiophene rings is 1. The highest BCUT2D eigenvalue weighted by Gasteiger charge is 2.31. The molecule has 1 aliphatic rings. The fourth-order valence-corrected chi connectivity index (χ4v) is 3.97. The van der Waals surface area contributed by atoms with Gasteiger partial charge >= 0.3 is 0 Å². The maximum Gasteiger partial charge on any atom is 0.0805 e. The summed E-state index contributed by atoms with van der Waals surface area (Å²) in [6.45, 7) is 2.92. The van der Waals surface area contributed by atoms with Gasteiger partial charge in [0.05, 0.1) is 12.1 Å². The molecule has 0 saturated heterocycles. The largest absolute Gasteiger partial charge is 0.376 e. The van der Waals surface area contributed by atoms with E-state index in [9.17, 15) is 0 Å². The van der Waals surface area contributed by atoms with Crippen LogP contribution in [0.2, 0.25) is 0 Å². The van der Waals surface area contributed by atoms with Gasteiger partial charge in [0, 0.05) is 11.5 Å².